The summed E-state index contributed by atoms with van der Waals surface area (Å²) in [6.45, 7) is -0.854. The Labute approximate surface area is 279 Å². The molecule has 48 heavy (non-hydrogen) atoms. The van der Waals surface area contributed by atoms with Gasteiger partial charge in [0.05, 0.1) is 26.2 Å². The number of carbonyl (C=O) groups excluding carboxylic acids is 4. The number of hydrogen-bond donors (Lipinski definition) is 10. The van der Waals surface area contributed by atoms with Crippen LogP contribution in [0.1, 0.15) is 0 Å². The summed E-state index contributed by atoms with van der Waals surface area (Å²) >= 11 is 0. The highest BCUT2D eigenvalue weighted by Crippen LogP contribution is 2.23. The zero-order valence-corrected chi connectivity index (χ0v) is 29.6. The standard InChI is InChI=1S/C20H44N8O16P4/c29-17(21-13-41-45(33)34)9-25-1-2-26(10-18(30)22-14-42-46(35)36)5-6-28(12-20(32)24-16-44-48(39)40)8-7-27(4-3-25)11-19(31)23-15-43-47(37)38/h33-36,47-48H,1-16H2,(H,21,29)(H,22,30)(H,23,31)(H,24,32)(H,37,38)(H,39,40). The van der Waals surface area contributed by atoms with Crippen LogP contribution in [0.25, 0.3) is 0 Å². The predicted octanol–water partition coefficient (Wildman–Crippen LogP) is -5.24. The fourth-order valence-corrected chi connectivity index (χ4v) is 4.70. The maximum Gasteiger partial charge on any atom is 0.328 e. The molecule has 1 aliphatic heterocycles. The van der Waals surface area contributed by atoms with Crippen LogP contribution in [0.5, 0.6) is 0 Å². The molecule has 1 fully saturated rings. The van der Waals surface area contributed by atoms with Gasteiger partial charge in [-0.25, -0.2) is 0 Å². The van der Waals surface area contributed by atoms with Gasteiger partial charge in [-0.2, -0.15) is 0 Å². The number of carbonyl (C=O) groups is 4. The van der Waals surface area contributed by atoms with Crippen LogP contribution < -0.4 is 21.3 Å². The van der Waals surface area contributed by atoms with E-state index in [0.717, 1.165) is 0 Å². The molecule has 0 aromatic carbocycles. The zero-order chi connectivity index (χ0) is 35.9. The Morgan fingerprint density at radius 3 is 0.938 bits per heavy atom. The highest BCUT2D eigenvalue weighted by atomic mass is 31.2. The van der Waals surface area contributed by atoms with Crippen molar-refractivity contribution >= 4 is 57.3 Å². The molecule has 0 radical (unpaired) electrons. The predicted molar refractivity (Wildman–Crippen MR) is 167 cm³/mol. The molecule has 1 saturated heterocycles. The van der Waals surface area contributed by atoms with Crippen LogP contribution in [0.3, 0.4) is 0 Å². The van der Waals surface area contributed by atoms with E-state index in [2.05, 4.69) is 39.4 Å². The molecule has 0 spiro atoms. The van der Waals surface area contributed by atoms with Crippen molar-refractivity contribution in [3.63, 3.8) is 0 Å². The van der Waals surface area contributed by atoms with Gasteiger partial charge in [0.25, 0.3) is 0 Å². The van der Waals surface area contributed by atoms with E-state index in [1.54, 1.807) is 19.6 Å². The third-order valence-corrected chi connectivity index (χ3v) is 7.73. The summed E-state index contributed by atoms with van der Waals surface area (Å²) < 4.78 is 39.7. The normalized spacial score (nSPS) is 17.7. The lowest BCUT2D eigenvalue weighted by molar-refractivity contribution is -0.126. The number of nitrogens with one attached hydrogen (secondary N) is 4. The maximum absolute atomic E-state index is 12.6. The zero-order valence-electron chi connectivity index (χ0n) is 25.8. The quantitative estimate of drug-likeness (QED) is 0.0408. The summed E-state index contributed by atoms with van der Waals surface area (Å²) in [6.07, 6.45) is 0. The fourth-order valence-electron chi connectivity index (χ4n) is 3.94. The minimum atomic E-state index is -3.27. The van der Waals surface area contributed by atoms with Gasteiger partial charge in [-0.15, -0.1) is 0 Å². The van der Waals surface area contributed by atoms with Gasteiger partial charge in [-0.3, -0.25) is 66.0 Å². The van der Waals surface area contributed by atoms with E-state index in [1.165, 1.54) is 0 Å². The first-order chi connectivity index (χ1) is 22.7. The van der Waals surface area contributed by atoms with Crippen LogP contribution in [0, 0.1) is 0 Å². The lowest BCUT2D eigenvalue weighted by atomic mass is 10.3. The average Bonchev–Trinajstić information content (AvgIpc) is 2.97. The molecule has 0 bridgehead atoms. The second-order valence-corrected chi connectivity index (χ2v) is 12.8. The maximum atomic E-state index is 12.6. The van der Waals surface area contributed by atoms with Gasteiger partial charge in [0, 0.05) is 52.4 Å². The van der Waals surface area contributed by atoms with Crippen LogP contribution in [0.2, 0.25) is 0 Å². The minimum absolute atomic E-state index is 0.171. The molecular formula is C20H44N8O16P4. The second-order valence-electron chi connectivity index (χ2n) is 9.67. The molecule has 1 aliphatic rings. The lowest BCUT2D eigenvalue weighted by Crippen LogP contribution is -2.51. The molecule has 1 rings (SSSR count). The van der Waals surface area contributed by atoms with E-state index in [0.29, 0.717) is 0 Å². The Hall–Kier alpha value is -1.36. The Morgan fingerprint density at radius 1 is 0.500 bits per heavy atom. The summed E-state index contributed by atoms with van der Waals surface area (Å²) in [7, 11) is -11.9. The fraction of sp³-hybridized carbons (Fsp3) is 0.800. The monoisotopic (exact) mass is 776 g/mol. The van der Waals surface area contributed by atoms with Gasteiger partial charge in [-0.05, 0) is 0 Å². The molecule has 24 nitrogen and oxygen atoms in total. The molecule has 0 aliphatic carbocycles. The SMILES string of the molecule is O=C(CN1CCN(CC(=O)NCOP(O)O)CCN(CC(=O)NCO[PH](=O)O)CCN(CC(=O)NCO[PH](=O)O)CC1)NCOP(O)O. The Kier molecular flexibility index (Phi) is 24.6. The van der Waals surface area contributed by atoms with Crippen molar-refractivity contribution in [3.05, 3.63) is 0 Å². The van der Waals surface area contributed by atoms with Crippen LogP contribution in [-0.4, -0.2) is 178 Å². The molecule has 0 aromatic rings. The van der Waals surface area contributed by atoms with E-state index < -0.39 is 84.3 Å². The van der Waals surface area contributed by atoms with Gasteiger partial charge < -0.3 is 50.6 Å². The van der Waals surface area contributed by atoms with E-state index in [4.69, 9.17) is 29.4 Å². The van der Waals surface area contributed by atoms with Crippen molar-refractivity contribution in [1.29, 1.82) is 0 Å². The average molecular weight is 777 g/mol. The Morgan fingerprint density at radius 2 is 0.729 bits per heavy atom. The summed E-state index contributed by atoms with van der Waals surface area (Å²) in [5, 5.41) is 9.50. The van der Waals surface area contributed by atoms with Crippen molar-refractivity contribution in [2.24, 2.45) is 0 Å². The van der Waals surface area contributed by atoms with Gasteiger partial charge in [0.2, 0.25) is 23.6 Å². The molecule has 1 heterocycles. The van der Waals surface area contributed by atoms with Gasteiger partial charge in [0.1, 0.15) is 26.9 Å². The topological polar surface area (TPSA) is 322 Å². The highest BCUT2D eigenvalue weighted by Gasteiger charge is 2.22. The minimum Gasteiger partial charge on any atom is -0.332 e. The summed E-state index contributed by atoms with van der Waals surface area (Å²) in [6, 6.07) is 0. The third kappa shape index (κ3) is 24.7. The Bertz CT molecular complexity index is 960. The van der Waals surface area contributed by atoms with Gasteiger partial charge >= 0.3 is 33.7 Å². The summed E-state index contributed by atoms with van der Waals surface area (Å²) in [5.41, 5.74) is 0. The summed E-state index contributed by atoms with van der Waals surface area (Å²) in [4.78, 5) is 110. The van der Waals surface area contributed by atoms with Crippen molar-refractivity contribution in [2.45, 2.75) is 0 Å². The first-order valence-electron chi connectivity index (χ1n) is 14.0. The Balaban J connectivity index is 3.10. The van der Waals surface area contributed by atoms with Crippen molar-refractivity contribution in [2.75, 3.05) is 105 Å². The van der Waals surface area contributed by atoms with Crippen LogP contribution in [-0.2, 0) is 46.4 Å². The van der Waals surface area contributed by atoms with Gasteiger partial charge in [0.15, 0.2) is 0 Å². The second kappa shape index (κ2) is 26.4. The molecule has 28 heteroatoms. The number of hydrogen-bond acceptors (Lipinski definition) is 18. The first kappa shape index (κ1) is 44.7. The smallest absolute Gasteiger partial charge is 0.328 e. The van der Waals surface area contributed by atoms with Crippen LogP contribution in [0.4, 0.5) is 0 Å². The number of rotatable bonds is 20. The molecule has 10 N–H and O–H groups in total. The third-order valence-electron chi connectivity index (χ3n) is 6.23. The largest absolute Gasteiger partial charge is 0.332 e. The molecule has 2 atom stereocenters. The molecule has 0 saturated carbocycles. The number of nitrogens with zero attached hydrogens (tertiary/aromatic N) is 4. The van der Waals surface area contributed by atoms with Crippen molar-refractivity contribution in [3.8, 4) is 0 Å². The van der Waals surface area contributed by atoms with Crippen molar-refractivity contribution < 1.29 is 75.8 Å². The van der Waals surface area contributed by atoms with E-state index in [-0.39, 0.29) is 78.5 Å². The van der Waals surface area contributed by atoms with Crippen molar-refractivity contribution in [1.82, 2.24) is 40.9 Å². The summed E-state index contributed by atoms with van der Waals surface area (Å²) in [5.74, 6) is -2.10. The molecule has 2 unspecified atom stereocenters. The van der Waals surface area contributed by atoms with E-state index >= 15 is 0 Å². The van der Waals surface area contributed by atoms with Crippen LogP contribution >= 0.6 is 33.7 Å². The molecule has 4 amide bonds. The van der Waals surface area contributed by atoms with Gasteiger partial charge in [-0.1, -0.05) is 0 Å². The number of amides is 4. The highest BCUT2D eigenvalue weighted by molar-refractivity contribution is 7.39. The molecule has 280 valence electrons. The first-order valence-corrected chi connectivity index (χ1v) is 18.9. The van der Waals surface area contributed by atoms with Crippen LogP contribution in [0.15, 0.2) is 0 Å². The molecule has 0 aromatic heterocycles. The lowest BCUT2D eigenvalue weighted by Gasteiger charge is -2.33. The van der Waals surface area contributed by atoms with E-state index in [9.17, 15) is 28.3 Å². The van der Waals surface area contributed by atoms with E-state index in [1.807, 2.05) is 0 Å². The molecular weight excluding hydrogens is 732 g/mol.